The second-order valence-electron chi connectivity index (χ2n) is 7.62. The quantitative estimate of drug-likeness (QED) is 0.485. The molecule has 31 heavy (non-hydrogen) atoms. The van der Waals surface area contributed by atoms with Gasteiger partial charge in [0.2, 0.25) is 0 Å². The van der Waals surface area contributed by atoms with Gasteiger partial charge in [0.1, 0.15) is 10.5 Å². The van der Waals surface area contributed by atoms with Crippen LogP contribution in [-0.2, 0) is 14.1 Å². The maximum Gasteiger partial charge on any atom is 0.264 e. The van der Waals surface area contributed by atoms with E-state index in [0.29, 0.717) is 21.2 Å². The van der Waals surface area contributed by atoms with Crippen LogP contribution in [0.25, 0.3) is 33.0 Å². The van der Waals surface area contributed by atoms with E-state index in [-0.39, 0.29) is 31.8 Å². The molecular formula is C20H19F2N7OS. The van der Waals surface area contributed by atoms with Crippen molar-refractivity contribution in [3.05, 3.63) is 35.6 Å². The number of carbonyl (C=O) groups excluding carboxylic acids is 1. The molecule has 0 N–H and O–H groups in total. The van der Waals surface area contributed by atoms with Gasteiger partial charge >= 0.3 is 0 Å². The molecule has 4 aromatic rings. The Morgan fingerprint density at radius 3 is 2.58 bits per heavy atom. The van der Waals surface area contributed by atoms with Gasteiger partial charge < -0.3 is 4.90 Å². The summed E-state index contributed by atoms with van der Waals surface area (Å²) in [7, 11) is 3.63. The molecule has 0 spiro atoms. The number of alkyl halides is 2. The lowest BCUT2D eigenvalue weighted by atomic mass is 10.1. The number of nitrogens with zero attached hydrogens (tertiary/aromatic N) is 7. The smallest absolute Gasteiger partial charge is 0.264 e. The van der Waals surface area contributed by atoms with Crippen molar-refractivity contribution in [2.75, 3.05) is 13.1 Å². The first-order valence-corrected chi connectivity index (χ1v) is 10.6. The summed E-state index contributed by atoms with van der Waals surface area (Å²) in [5.74, 6) is -2.46. The Morgan fingerprint density at radius 1 is 1.16 bits per heavy atom. The van der Waals surface area contributed by atoms with E-state index in [9.17, 15) is 13.6 Å². The Morgan fingerprint density at radius 2 is 1.94 bits per heavy atom. The highest BCUT2D eigenvalue weighted by atomic mass is 32.1. The number of rotatable bonds is 3. The Hall–Kier alpha value is -3.21. The average Bonchev–Trinajstić information content (AvgIpc) is 3.46. The first-order valence-electron chi connectivity index (χ1n) is 9.77. The van der Waals surface area contributed by atoms with Gasteiger partial charge in [-0.3, -0.25) is 14.2 Å². The van der Waals surface area contributed by atoms with Crippen LogP contribution in [0.4, 0.5) is 8.78 Å². The van der Waals surface area contributed by atoms with Crippen molar-refractivity contribution in [3.63, 3.8) is 0 Å². The number of piperidine rings is 1. The molecule has 0 bridgehead atoms. The van der Waals surface area contributed by atoms with Crippen LogP contribution in [0.15, 0.2) is 30.7 Å². The highest BCUT2D eigenvalue weighted by Crippen LogP contribution is 2.35. The van der Waals surface area contributed by atoms with Gasteiger partial charge in [0.05, 0.1) is 22.3 Å². The molecule has 1 aliphatic heterocycles. The molecule has 1 saturated heterocycles. The number of amides is 1. The van der Waals surface area contributed by atoms with Crippen LogP contribution in [-0.4, -0.2) is 59.3 Å². The number of hydrogen-bond acceptors (Lipinski definition) is 6. The second kappa shape index (κ2) is 7.19. The van der Waals surface area contributed by atoms with E-state index < -0.39 is 5.92 Å². The van der Waals surface area contributed by atoms with Gasteiger partial charge in [-0.15, -0.1) is 11.3 Å². The summed E-state index contributed by atoms with van der Waals surface area (Å²) in [6, 6.07) is 3.60. The number of aromatic nitrogens is 6. The molecule has 0 aromatic carbocycles. The fraction of sp³-hybridized carbons (Fsp3) is 0.350. The van der Waals surface area contributed by atoms with E-state index in [4.69, 9.17) is 4.98 Å². The van der Waals surface area contributed by atoms with Crippen molar-refractivity contribution in [1.29, 1.82) is 0 Å². The minimum atomic E-state index is -2.70. The fourth-order valence-electron chi connectivity index (χ4n) is 3.69. The average molecular weight is 443 g/mol. The molecule has 0 unspecified atom stereocenters. The van der Waals surface area contributed by atoms with E-state index in [0.717, 1.165) is 16.6 Å². The zero-order chi connectivity index (χ0) is 21.8. The number of likely N-dealkylation sites (tertiary alicyclic amines) is 1. The molecule has 160 valence electrons. The maximum atomic E-state index is 13.5. The number of hydrogen-bond donors (Lipinski definition) is 0. The van der Waals surface area contributed by atoms with Crippen LogP contribution >= 0.6 is 11.3 Å². The number of halogens is 2. The van der Waals surface area contributed by atoms with Crippen molar-refractivity contribution < 1.29 is 13.6 Å². The van der Waals surface area contributed by atoms with Crippen molar-refractivity contribution in [2.45, 2.75) is 18.8 Å². The highest BCUT2D eigenvalue weighted by Gasteiger charge is 2.36. The summed E-state index contributed by atoms with van der Waals surface area (Å²) in [5, 5.41) is 9.15. The minimum Gasteiger partial charge on any atom is -0.338 e. The number of aryl methyl sites for hydroxylation is 2. The number of thiophene rings is 1. The third-order valence-corrected chi connectivity index (χ3v) is 6.43. The van der Waals surface area contributed by atoms with Gasteiger partial charge in [-0.2, -0.15) is 10.2 Å². The van der Waals surface area contributed by atoms with Gasteiger partial charge in [0.25, 0.3) is 11.8 Å². The molecular weight excluding hydrogens is 424 g/mol. The normalized spacial score (nSPS) is 16.2. The molecule has 0 atom stereocenters. The van der Waals surface area contributed by atoms with E-state index in [1.54, 1.807) is 27.8 Å². The van der Waals surface area contributed by atoms with Crippen LogP contribution in [0.1, 0.15) is 22.5 Å². The Kier molecular flexibility index (Phi) is 4.58. The summed E-state index contributed by atoms with van der Waals surface area (Å²) in [6.45, 7) is 0.0859. The van der Waals surface area contributed by atoms with Gasteiger partial charge in [0, 0.05) is 57.8 Å². The summed E-state index contributed by atoms with van der Waals surface area (Å²) < 4.78 is 30.4. The standard InChI is InChI=1S/C20H19F2N7OS/c1-27-11-12(10-24-27)17-25-16(14-3-6-23-28(14)2)13-9-15(31-18(13)26-17)19(30)29-7-4-20(21,22)5-8-29/h3,6,9-11H,4-5,7-8H2,1-2H3. The van der Waals surface area contributed by atoms with Gasteiger partial charge in [-0.1, -0.05) is 0 Å². The fourth-order valence-corrected chi connectivity index (χ4v) is 4.69. The third-order valence-electron chi connectivity index (χ3n) is 5.41. The van der Waals surface area contributed by atoms with E-state index in [2.05, 4.69) is 15.2 Å². The predicted molar refractivity (Wildman–Crippen MR) is 112 cm³/mol. The molecule has 0 aliphatic carbocycles. The van der Waals surface area contributed by atoms with Crippen LogP contribution in [0, 0.1) is 0 Å². The molecule has 1 amide bonds. The first kappa shape index (κ1) is 19.7. The lowest BCUT2D eigenvalue weighted by molar-refractivity contribution is -0.0493. The van der Waals surface area contributed by atoms with Crippen LogP contribution in [0.3, 0.4) is 0 Å². The molecule has 11 heteroatoms. The SMILES string of the molecule is Cn1cc(-c2nc(-c3ccnn3C)c3cc(C(=O)N4CCC(F)(F)CC4)sc3n2)cn1. The lowest BCUT2D eigenvalue weighted by Crippen LogP contribution is -2.42. The first-order chi connectivity index (χ1) is 14.8. The number of fused-ring (bicyclic) bond motifs is 1. The predicted octanol–water partition coefficient (Wildman–Crippen LogP) is 3.36. The van der Waals surface area contributed by atoms with Crippen molar-refractivity contribution >= 4 is 27.5 Å². The molecule has 0 saturated carbocycles. The van der Waals surface area contributed by atoms with Gasteiger partial charge in [-0.25, -0.2) is 18.7 Å². The summed E-state index contributed by atoms with van der Waals surface area (Å²) in [6.07, 6.45) is 4.56. The second-order valence-corrected chi connectivity index (χ2v) is 8.65. The van der Waals surface area contributed by atoms with Crippen molar-refractivity contribution in [1.82, 2.24) is 34.4 Å². The minimum absolute atomic E-state index is 0.0429. The Bertz CT molecular complexity index is 1280. The van der Waals surface area contributed by atoms with Crippen molar-refractivity contribution in [2.24, 2.45) is 14.1 Å². The molecule has 1 fully saturated rings. The summed E-state index contributed by atoms with van der Waals surface area (Å²) in [5.41, 5.74) is 2.20. The number of carbonyl (C=O) groups is 1. The molecule has 1 aliphatic rings. The van der Waals surface area contributed by atoms with Gasteiger partial charge in [0.15, 0.2) is 5.82 Å². The summed E-state index contributed by atoms with van der Waals surface area (Å²) >= 11 is 1.25. The largest absolute Gasteiger partial charge is 0.338 e. The molecule has 8 nitrogen and oxygen atoms in total. The monoisotopic (exact) mass is 443 g/mol. The van der Waals surface area contributed by atoms with Crippen LogP contribution in [0.2, 0.25) is 0 Å². The Labute approximate surface area is 180 Å². The lowest BCUT2D eigenvalue weighted by Gasteiger charge is -2.31. The molecule has 4 aromatic heterocycles. The van der Waals surface area contributed by atoms with Crippen LogP contribution in [0.5, 0.6) is 0 Å². The molecule has 5 heterocycles. The zero-order valence-corrected chi connectivity index (χ0v) is 17.7. The maximum absolute atomic E-state index is 13.5. The van der Waals surface area contributed by atoms with Crippen LogP contribution < -0.4 is 0 Å². The third kappa shape index (κ3) is 3.58. The van der Waals surface area contributed by atoms with E-state index >= 15 is 0 Å². The topological polar surface area (TPSA) is 81.7 Å². The zero-order valence-electron chi connectivity index (χ0n) is 16.9. The van der Waals surface area contributed by atoms with Crippen molar-refractivity contribution in [3.8, 4) is 22.8 Å². The Balaban J connectivity index is 1.60. The van der Waals surface area contributed by atoms with E-state index in [1.807, 2.05) is 26.4 Å². The molecule has 5 rings (SSSR count). The van der Waals surface area contributed by atoms with Gasteiger partial charge in [-0.05, 0) is 12.1 Å². The highest BCUT2D eigenvalue weighted by molar-refractivity contribution is 7.20. The van der Waals surface area contributed by atoms with E-state index in [1.165, 1.54) is 16.2 Å². The summed E-state index contributed by atoms with van der Waals surface area (Å²) in [4.78, 5) is 25.0. The molecule has 0 radical (unpaired) electrons.